The van der Waals surface area contributed by atoms with Gasteiger partial charge in [-0.1, -0.05) is 6.08 Å². The zero-order valence-corrected chi connectivity index (χ0v) is 7.31. The van der Waals surface area contributed by atoms with Crippen molar-refractivity contribution in [3.05, 3.63) is 12.7 Å². The van der Waals surface area contributed by atoms with Crippen LogP contribution < -0.4 is 10.6 Å². The Balaban J connectivity index is 2.24. The second kappa shape index (κ2) is 4.93. The van der Waals surface area contributed by atoms with Crippen LogP contribution in [0.25, 0.3) is 0 Å². The molecule has 1 aliphatic heterocycles. The van der Waals surface area contributed by atoms with Gasteiger partial charge < -0.3 is 10.6 Å². The highest BCUT2D eigenvalue weighted by Gasteiger charge is 2.19. The molecule has 0 radical (unpaired) electrons. The summed E-state index contributed by atoms with van der Waals surface area (Å²) in [6.07, 6.45) is 3.63. The molecule has 0 aliphatic carbocycles. The molecule has 0 aromatic heterocycles. The van der Waals surface area contributed by atoms with Crippen LogP contribution >= 0.6 is 0 Å². The number of amides is 1. The van der Waals surface area contributed by atoms with Crippen molar-refractivity contribution in [2.45, 2.75) is 12.8 Å². The van der Waals surface area contributed by atoms with Crippen molar-refractivity contribution in [2.24, 2.45) is 5.92 Å². The van der Waals surface area contributed by atoms with Crippen LogP contribution in [0.15, 0.2) is 12.7 Å². The Labute approximate surface area is 73.2 Å². The molecule has 1 aliphatic rings. The number of carbonyl (C=O) groups is 1. The predicted molar refractivity (Wildman–Crippen MR) is 48.8 cm³/mol. The number of carbonyl (C=O) groups excluding carboxylic acids is 1. The van der Waals surface area contributed by atoms with E-state index in [2.05, 4.69) is 17.2 Å². The van der Waals surface area contributed by atoms with Gasteiger partial charge in [-0.25, -0.2) is 0 Å². The van der Waals surface area contributed by atoms with Crippen molar-refractivity contribution in [3.63, 3.8) is 0 Å². The molecular weight excluding hydrogens is 152 g/mol. The molecule has 0 saturated carbocycles. The molecule has 1 rings (SSSR count). The molecule has 3 heteroatoms. The van der Waals surface area contributed by atoms with Gasteiger partial charge >= 0.3 is 0 Å². The Morgan fingerprint density at radius 1 is 1.58 bits per heavy atom. The number of rotatable bonds is 3. The molecule has 3 nitrogen and oxygen atoms in total. The van der Waals surface area contributed by atoms with Gasteiger partial charge in [0.15, 0.2) is 0 Å². The smallest absolute Gasteiger partial charge is 0.223 e. The van der Waals surface area contributed by atoms with Gasteiger partial charge in [0.1, 0.15) is 0 Å². The molecule has 68 valence electrons. The summed E-state index contributed by atoms with van der Waals surface area (Å²) in [5, 5.41) is 6.04. The molecule has 12 heavy (non-hydrogen) atoms. The minimum Gasteiger partial charge on any atom is -0.352 e. The first-order valence-electron chi connectivity index (χ1n) is 4.44. The summed E-state index contributed by atoms with van der Waals surface area (Å²) in [7, 11) is 0. The summed E-state index contributed by atoms with van der Waals surface area (Å²) in [5.41, 5.74) is 0. The minimum absolute atomic E-state index is 0.177. The third-order valence-electron chi connectivity index (χ3n) is 2.13. The summed E-state index contributed by atoms with van der Waals surface area (Å²) in [4.78, 5) is 11.4. The Morgan fingerprint density at radius 2 is 2.25 bits per heavy atom. The number of hydrogen-bond acceptors (Lipinski definition) is 2. The first-order chi connectivity index (χ1) is 5.84. The van der Waals surface area contributed by atoms with Crippen LogP contribution in [0.1, 0.15) is 12.8 Å². The standard InChI is InChI=1S/C9H16N2O/c1-2-5-11-9(12)8-3-6-10-7-4-8/h2,8,10H,1,3-7H2,(H,11,12). The predicted octanol–water partition coefficient (Wildman–Crippen LogP) is 0.288. The Morgan fingerprint density at radius 3 is 2.83 bits per heavy atom. The molecule has 0 aromatic carbocycles. The van der Waals surface area contributed by atoms with Crippen molar-refractivity contribution in [2.75, 3.05) is 19.6 Å². The van der Waals surface area contributed by atoms with Gasteiger partial charge in [0, 0.05) is 12.5 Å². The SMILES string of the molecule is C=CCNC(=O)C1CCNCC1. The fourth-order valence-electron chi connectivity index (χ4n) is 1.40. The molecule has 0 aromatic rings. The van der Waals surface area contributed by atoms with Gasteiger partial charge in [0.05, 0.1) is 0 Å². The van der Waals surface area contributed by atoms with E-state index < -0.39 is 0 Å². The van der Waals surface area contributed by atoms with E-state index in [9.17, 15) is 4.79 Å². The van der Waals surface area contributed by atoms with Crippen molar-refractivity contribution < 1.29 is 4.79 Å². The maximum atomic E-state index is 11.4. The molecule has 1 fully saturated rings. The van der Waals surface area contributed by atoms with Gasteiger partial charge in [-0.05, 0) is 25.9 Å². The highest BCUT2D eigenvalue weighted by Crippen LogP contribution is 2.10. The van der Waals surface area contributed by atoms with Crippen molar-refractivity contribution >= 4 is 5.91 Å². The van der Waals surface area contributed by atoms with Gasteiger partial charge in [0.25, 0.3) is 0 Å². The van der Waals surface area contributed by atoms with Gasteiger partial charge in [-0.15, -0.1) is 6.58 Å². The molecule has 0 unspecified atom stereocenters. The van der Waals surface area contributed by atoms with E-state index in [-0.39, 0.29) is 11.8 Å². The average molecular weight is 168 g/mol. The van der Waals surface area contributed by atoms with Gasteiger partial charge in [0.2, 0.25) is 5.91 Å². The van der Waals surface area contributed by atoms with E-state index in [0.29, 0.717) is 6.54 Å². The molecule has 0 atom stereocenters. The summed E-state index contributed by atoms with van der Waals surface area (Å²) >= 11 is 0. The summed E-state index contributed by atoms with van der Waals surface area (Å²) in [6, 6.07) is 0. The Kier molecular flexibility index (Phi) is 3.80. The highest BCUT2D eigenvalue weighted by atomic mass is 16.1. The zero-order chi connectivity index (χ0) is 8.81. The molecule has 2 N–H and O–H groups in total. The van der Waals surface area contributed by atoms with E-state index >= 15 is 0 Å². The topological polar surface area (TPSA) is 41.1 Å². The number of nitrogens with one attached hydrogen (secondary N) is 2. The van der Waals surface area contributed by atoms with E-state index in [0.717, 1.165) is 25.9 Å². The first-order valence-corrected chi connectivity index (χ1v) is 4.44. The molecular formula is C9H16N2O. The lowest BCUT2D eigenvalue weighted by Gasteiger charge is -2.21. The fourth-order valence-corrected chi connectivity index (χ4v) is 1.40. The third-order valence-corrected chi connectivity index (χ3v) is 2.13. The van der Waals surface area contributed by atoms with Crippen molar-refractivity contribution in [3.8, 4) is 0 Å². The van der Waals surface area contributed by atoms with Crippen molar-refractivity contribution in [1.82, 2.24) is 10.6 Å². The van der Waals surface area contributed by atoms with Gasteiger partial charge in [-0.3, -0.25) is 4.79 Å². The maximum Gasteiger partial charge on any atom is 0.223 e. The van der Waals surface area contributed by atoms with Crippen LogP contribution in [0.2, 0.25) is 0 Å². The lowest BCUT2D eigenvalue weighted by Crippen LogP contribution is -2.38. The van der Waals surface area contributed by atoms with Crippen LogP contribution in [-0.4, -0.2) is 25.5 Å². The lowest BCUT2D eigenvalue weighted by atomic mass is 9.97. The van der Waals surface area contributed by atoms with Crippen LogP contribution in [0.4, 0.5) is 0 Å². The molecule has 1 heterocycles. The van der Waals surface area contributed by atoms with Crippen LogP contribution in [0.5, 0.6) is 0 Å². The average Bonchev–Trinajstić information content (AvgIpc) is 2.15. The second-order valence-electron chi connectivity index (χ2n) is 3.06. The summed E-state index contributed by atoms with van der Waals surface area (Å²) in [6.45, 7) is 6.07. The fraction of sp³-hybridized carbons (Fsp3) is 0.667. The maximum absolute atomic E-state index is 11.4. The van der Waals surface area contributed by atoms with Crippen molar-refractivity contribution in [1.29, 1.82) is 0 Å². The molecule has 1 amide bonds. The quantitative estimate of drug-likeness (QED) is 0.595. The van der Waals surface area contributed by atoms with E-state index in [1.807, 2.05) is 0 Å². The summed E-state index contributed by atoms with van der Waals surface area (Å²) < 4.78 is 0. The lowest BCUT2D eigenvalue weighted by molar-refractivity contribution is -0.125. The van der Waals surface area contributed by atoms with E-state index in [4.69, 9.17) is 0 Å². The number of piperidine rings is 1. The third kappa shape index (κ3) is 2.66. The van der Waals surface area contributed by atoms with Gasteiger partial charge in [-0.2, -0.15) is 0 Å². The first kappa shape index (κ1) is 9.26. The zero-order valence-electron chi connectivity index (χ0n) is 7.31. The molecule has 0 bridgehead atoms. The second-order valence-corrected chi connectivity index (χ2v) is 3.06. The monoisotopic (exact) mass is 168 g/mol. The van der Waals surface area contributed by atoms with Crippen LogP contribution in [-0.2, 0) is 4.79 Å². The summed E-state index contributed by atoms with van der Waals surface area (Å²) in [5.74, 6) is 0.391. The molecule has 0 spiro atoms. The van der Waals surface area contributed by atoms with Crippen LogP contribution in [0.3, 0.4) is 0 Å². The Bertz CT molecular complexity index is 162. The highest BCUT2D eigenvalue weighted by molar-refractivity contribution is 5.78. The number of hydrogen-bond donors (Lipinski definition) is 2. The minimum atomic E-state index is 0.177. The normalized spacial score (nSPS) is 18.7. The van der Waals surface area contributed by atoms with Crippen LogP contribution in [0, 0.1) is 5.92 Å². The molecule has 1 saturated heterocycles. The van der Waals surface area contributed by atoms with E-state index in [1.54, 1.807) is 6.08 Å². The Hall–Kier alpha value is -0.830. The largest absolute Gasteiger partial charge is 0.352 e. The van der Waals surface area contributed by atoms with E-state index in [1.165, 1.54) is 0 Å².